The Balaban J connectivity index is 1.48. The smallest absolute Gasteiger partial charge is 0.259 e. The Morgan fingerprint density at radius 2 is 1.82 bits per heavy atom. The molecule has 1 amide bonds. The maximum Gasteiger partial charge on any atom is 0.259 e. The van der Waals surface area contributed by atoms with Crippen molar-refractivity contribution in [1.29, 1.82) is 0 Å². The molecule has 28 heavy (non-hydrogen) atoms. The number of pyridine rings is 1. The second kappa shape index (κ2) is 8.00. The maximum atomic E-state index is 12.8. The number of benzene rings is 2. The molecule has 0 saturated heterocycles. The summed E-state index contributed by atoms with van der Waals surface area (Å²) in [6.45, 7) is 3.64. The van der Waals surface area contributed by atoms with Crippen LogP contribution >= 0.6 is 0 Å². The zero-order valence-electron chi connectivity index (χ0n) is 15.6. The molecule has 4 rings (SSSR count). The first-order valence-corrected chi connectivity index (χ1v) is 9.24. The Bertz CT molecular complexity index is 959. The number of carbonyl (C=O) groups is 1. The van der Waals surface area contributed by atoms with Gasteiger partial charge in [0.25, 0.3) is 5.91 Å². The summed E-state index contributed by atoms with van der Waals surface area (Å²) >= 11 is 0. The number of fused-ring (bicyclic) bond motifs is 1. The molecule has 1 aliphatic heterocycles. The molecule has 0 fully saturated rings. The van der Waals surface area contributed by atoms with E-state index in [9.17, 15) is 4.79 Å². The summed E-state index contributed by atoms with van der Waals surface area (Å²) in [5.74, 6) is 2.03. The van der Waals surface area contributed by atoms with Crippen molar-refractivity contribution in [2.75, 3.05) is 30.0 Å². The van der Waals surface area contributed by atoms with E-state index < -0.39 is 0 Å². The molecule has 0 spiro atoms. The lowest BCUT2D eigenvalue weighted by Gasteiger charge is -2.21. The molecule has 142 valence electrons. The third-order valence-electron chi connectivity index (χ3n) is 4.45. The molecule has 0 aliphatic carbocycles. The van der Waals surface area contributed by atoms with Crippen LogP contribution in [0.4, 0.5) is 17.2 Å². The highest BCUT2D eigenvalue weighted by Crippen LogP contribution is 2.33. The molecule has 0 atom stereocenters. The van der Waals surface area contributed by atoms with Crippen molar-refractivity contribution < 1.29 is 14.3 Å². The standard InChI is InChI=1S/C22H21N3O3/c1-2-25(18-6-4-3-5-7-18)22(26)16-8-11-21(23-15-16)24-17-9-10-19-20(14-17)28-13-12-27-19/h3-11,14-15H,2,12-13H2,1H3,(H,23,24). The van der Waals surface area contributed by atoms with Gasteiger partial charge in [0.1, 0.15) is 19.0 Å². The van der Waals surface area contributed by atoms with Crippen LogP contribution < -0.4 is 19.7 Å². The number of carbonyl (C=O) groups excluding carboxylic acids is 1. The van der Waals surface area contributed by atoms with E-state index in [0.29, 0.717) is 36.9 Å². The first-order chi connectivity index (χ1) is 13.7. The molecule has 6 nitrogen and oxygen atoms in total. The van der Waals surface area contributed by atoms with Gasteiger partial charge in [0.05, 0.1) is 5.56 Å². The van der Waals surface area contributed by atoms with E-state index in [4.69, 9.17) is 9.47 Å². The highest BCUT2D eigenvalue weighted by Gasteiger charge is 2.16. The molecule has 0 bridgehead atoms. The van der Waals surface area contributed by atoms with Gasteiger partial charge < -0.3 is 19.7 Å². The molecular formula is C22H21N3O3. The number of rotatable bonds is 5. The van der Waals surface area contributed by atoms with Crippen molar-refractivity contribution >= 4 is 23.1 Å². The molecule has 3 aromatic rings. The third-order valence-corrected chi connectivity index (χ3v) is 4.45. The first kappa shape index (κ1) is 17.9. The van der Waals surface area contributed by atoms with E-state index >= 15 is 0 Å². The van der Waals surface area contributed by atoms with Crippen LogP contribution in [0.25, 0.3) is 0 Å². The number of amides is 1. The van der Waals surface area contributed by atoms with Gasteiger partial charge >= 0.3 is 0 Å². The lowest BCUT2D eigenvalue weighted by atomic mass is 10.2. The van der Waals surface area contributed by atoms with E-state index in [1.165, 1.54) is 0 Å². The lowest BCUT2D eigenvalue weighted by Crippen LogP contribution is -2.30. The van der Waals surface area contributed by atoms with Crippen LogP contribution in [0.15, 0.2) is 66.9 Å². The number of nitrogens with one attached hydrogen (secondary N) is 1. The largest absolute Gasteiger partial charge is 0.486 e. The van der Waals surface area contributed by atoms with Crippen LogP contribution in [-0.2, 0) is 0 Å². The number of anilines is 3. The zero-order chi connectivity index (χ0) is 19.3. The maximum absolute atomic E-state index is 12.8. The summed E-state index contributed by atoms with van der Waals surface area (Å²) in [6, 6.07) is 18.8. The summed E-state index contributed by atoms with van der Waals surface area (Å²) in [4.78, 5) is 19.0. The van der Waals surface area contributed by atoms with Crippen LogP contribution in [-0.4, -0.2) is 30.6 Å². The summed E-state index contributed by atoms with van der Waals surface area (Å²) < 4.78 is 11.1. The molecule has 1 aliphatic rings. The highest BCUT2D eigenvalue weighted by atomic mass is 16.6. The number of hydrogen-bond acceptors (Lipinski definition) is 5. The van der Waals surface area contributed by atoms with Crippen LogP contribution in [0.3, 0.4) is 0 Å². The van der Waals surface area contributed by atoms with Crippen LogP contribution in [0.2, 0.25) is 0 Å². The van der Waals surface area contributed by atoms with E-state index in [-0.39, 0.29) is 5.91 Å². The summed E-state index contributed by atoms with van der Waals surface area (Å²) in [7, 11) is 0. The SMILES string of the molecule is CCN(C(=O)c1ccc(Nc2ccc3c(c2)OCCO3)nc1)c1ccccc1. The van der Waals surface area contributed by atoms with Gasteiger partial charge in [0.15, 0.2) is 11.5 Å². The molecule has 0 unspecified atom stereocenters. The fourth-order valence-electron chi connectivity index (χ4n) is 3.07. The van der Waals surface area contributed by atoms with Gasteiger partial charge in [-0.1, -0.05) is 18.2 Å². The molecule has 1 N–H and O–H groups in total. The zero-order valence-corrected chi connectivity index (χ0v) is 15.6. The second-order valence-electron chi connectivity index (χ2n) is 6.30. The fourth-order valence-corrected chi connectivity index (χ4v) is 3.07. The Hall–Kier alpha value is -3.54. The third kappa shape index (κ3) is 3.76. The van der Waals surface area contributed by atoms with E-state index in [2.05, 4.69) is 10.3 Å². The Labute approximate surface area is 163 Å². The lowest BCUT2D eigenvalue weighted by molar-refractivity contribution is 0.0988. The highest BCUT2D eigenvalue weighted by molar-refractivity contribution is 6.05. The monoisotopic (exact) mass is 375 g/mol. The molecule has 0 radical (unpaired) electrons. The normalized spacial score (nSPS) is 12.3. The van der Waals surface area contributed by atoms with Crippen molar-refractivity contribution in [3.63, 3.8) is 0 Å². The molecule has 1 aromatic heterocycles. The summed E-state index contributed by atoms with van der Waals surface area (Å²) in [5, 5.41) is 3.22. The number of ether oxygens (including phenoxy) is 2. The number of hydrogen-bond donors (Lipinski definition) is 1. The second-order valence-corrected chi connectivity index (χ2v) is 6.30. The predicted molar refractivity (Wildman–Crippen MR) is 109 cm³/mol. The van der Waals surface area contributed by atoms with Crippen molar-refractivity contribution in [2.45, 2.75) is 6.92 Å². The minimum absolute atomic E-state index is 0.0768. The Kier molecular flexibility index (Phi) is 5.10. The van der Waals surface area contributed by atoms with Crippen molar-refractivity contribution in [3.8, 4) is 11.5 Å². The molecule has 2 aromatic carbocycles. The molecule has 2 heterocycles. The van der Waals surface area contributed by atoms with Gasteiger partial charge in [-0.25, -0.2) is 4.98 Å². The molecule has 0 saturated carbocycles. The predicted octanol–water partition coefficient (Wildman–Crippen LogP) is 4.26. The number of para-hydroxylation sites is 1. The van der Waals surface area contributed by atoms with Gasteiger partial charge in [-0.05, 0) is 43.3 Å². The average molecular weight is 375 g/mol. The topological polar surface area (TPSA) is 63.7 Å². The molecule has 6 heteroatoms. The van der Waals surface area contributed by atoms with Crippen molar-refractivity contribution in [3.05, 3.63) is 72.4 Å². The van der Waals surface area contributed by atoms with Crippen LogP contribution in [0.1, 0.15) is 17.3 Å². The van der Waals surface area contributed by atoms with E-state index in [0.717, 1.165) is 17.1 Å². The fraction of sp³-hybridized carbons (Fsp3) is 0.182. The Morgan fingerprint density at radius 3 is 2.54 bits per heavy atom. The van der Waals surface area contributed by atoms with Crippen LogP contribution in [0, 0.1) is 0 Å². The first-order valence-electron chi connectivity index (χ1n) is 9.24. The van der Waals surface area contributed by atoms with Gasteiger partial charge in [-0.3, -0.25) is 4.79 Å². The minimum atomic E-state index is -0.0768. The molecular weight excluding hydrogens is 354 g/mol. The van der Waals surface area contributed by atoms with Gasteiger partial charge in [0.2, 0.25) is 0 Å². The van der Waals surface area contributed by atoms with Gasteiger partial charge in [-0.15, -0.1) is 0 Å². The summed E-state index contributed by atoms with van der Waals surface area (Å²) in [6.07, 6.45) is 1.59. The quantitative estimate of drug-likeness (QED) is 0.722. The minimum Gasteiger partial charge on any atom is -0.486 e. The van der Waals surface area contributed by atoms with E-state index in [1.807, 2.05) is 55.5 Å². The Morgan fingerprint density at radius 1 is 1.04 bits per heavy atom. The number of nitrogens with zero attached hydrogens (tertiary/aromatic N) is 2. The number of aromatic nitrogens is 1. The van der Waals surface area contributed by atoms with Crippen molar-refractivity contribution in [2.24, 2.45) is 0 Å². The summed E-state index contributed by atoms with van der Waals surface area (Å²) in [5.41, 5.74) is 2.25. The van der Waals surface area contributed by atoms with Crippen LogP contribution in [0.5, 0.6) is 11.5 Å². The average Bonchev–Trinajstić information content (AvgIpc) is 2.75. The van der Waals surface area contributed by atoms with Gasteiger partial charge in [-0.2, -0.15) is 0 Å². The van der Waals surface area contributed by atoms with Crippen molar-refractivity contribution in [1.82, 2.24) is 4.98 Å². The van der Waals surface area contributed by atoms with Gasteiger partial charge in [0, 0.05) is 30.2 Å². The van der Waals surface area contributed by atoms with E-state index in [1.54, 1.807) is 23.2 Å².